The molecule has 356 valence electrons. The van der Waals surface area contributed by atoms with Crippen LogP contribution in [0.15, 0.2) is 60.2 Å². The molecule has 2 aromatic rings. The number of hydrogen-bond donors (Lipinski definition) is 0. The van der Waals surface area contributed by atoms with Gasteiger partial charge in [-0.15, -0.1) is 0 Å². The first-order valence-corrected chi connectivity index (χ1v) is 28.6. The Morgan fingerprint density at radius 1 is 0.387 bits per heavy atom. The van der Waals surface area contributed by atoms with Crippen LogP contribution in [0.5, 0.6) is 0 Å². The van der Waals surface area contributed by atoms with E-state index in [-0.39, 0.29) is 0 Å². The van der Waals surface area contributed by atoms with E-state index in [1.54, 1.807) is 0 Å². The summed E-state index contributed by atoms with van der Waals surface area (Å²) in [6, 6.07) is 17.4. The van der Waals surface area contributed by atoms with Gasteiger partial charge in [0.2, 0.25) is 11.4 Å². The molecule has 1 aliphatic heterocycles. The Bertz CT molecular complexity index is 1390. The van der Waals surface area contributed by atoms with E-state index < -0.39 is 0 Å². The molecule has 0 fully saturated rings. The Morgan fingerprint density at radius 3 is 1.16 bits per heavy atom. The van der Waals surface area contributed by atoms with Gasteiger partial charge in [0.05, 0.1) is 0 Å². The molecule has 3 rings (SSSR count). The SMILES string of the molecule is CCCCCC1=C(c2cccc(CCCC)c2)[N+](=[N-])C(c2cccc(CCCC)c2)=C1.CCCCCCCCCCCCCC[CH2][Ni][CH2]CCCCCCCCCCCCCC. The minimum atomic E-state index is 0.902. The van der Waals surface area contributed by atoms with Gasteiger partial charge in [-0.1, -0.05) is 110 Å². The van der Waals surface area contributed by atoms with Gasteiger partial charge in [-0.25, -0.2) is 4.70 Å². The Morgan fingerprint density at radius 2 is 0.742 bits per heavy atom. The van der Waals surface area contributed by atoms with Crippen LogP contribution in [0.4, 0.5) is 0 Å². The number of allylic oxidation sites excluding steroid dienone is 2. The van der Waals surface area contributed by atoms with Gasteiger partial charge >= 0.3 is 166 Å². The van der Waals surface area contributed by atoms with Gasteiger partial charge in [0, 0.05) is 22.8 Å². The monoisotopic (exact) mass is 895 g/mol. The van der Waals surface area contributed by atoms with E-state index in [2.05, 4.69) is 89.2 Å². The molecule has 1 aliphatic rings. The predicted molar refractivity (Wildman–Crippen MR) is 274 cm³/mol. The maximum absolute atomic E-state index is 11.3. The second-order valence-electron chi connectivity index (χ2n) is 18.7. The van der Waals surface area contributed by atoms with Gasteiger partial charge in [-0.2, -0.15) is 0 Å². The zero-order valence-corrected chi connectivity index (χ0v) is 42.8. The Kier molecular flexibility index (Phi) is 36.7. The molecular formula is C59H100N2Ni. The van der Waals surface area contributed by atoms with Crippen molar-refractivity contribution in [1.82, 2.24) is 0 Å². The minimum Gasteiger partial charge on any atom is -0.0654 e. The van der Waals surface area contributed by atoms with Gasteiger partial charge in [-0.05, 0) is 73.9 Å². The molecule has 0 unspecified atom stereocenters. The van der Waals surface area contributed by atoms with E-state index in [1.165, 1.54) is 238 Å². The molecule has 0 bridgehead atoms. The number of hydrogen-bond acceptors (Lipinski definition) is 0. The van der Waals surface area contributed by atoms with Crippen molar-refractivity contribution in [2.75, 3.05) is 0 Å². The quantitative estimate of drug-likeness (QED) is 0.0362. The third-order valence-electron chi connectivity index (χ3n) is 12.8. The van der Waals surface area contributed by atoms with Gasteiger partial charge in [0.15, 0.2) is 0 Å². The van der Waals surface area contributed by atoms with Crippen LogP contribution in [-0.4, -0.2) is 4.70 Å². The zero-order chi connectivity index (χ0) is 44.6. The van der Waals surface area contributed by atoms with Crippen LogP contribution in [0.3, 0.4) is 0 Å². The molecule has 0 spiro atoms. The number of rotatable bonds is 40. The van der Waals surface area contributed by atoms with Crippen molar-refractivity contribution in [2.45, 2.75) is 277 Å². The molecule has 0 aromatic heterocycles. The molecule has 62 heavy (non-hydrogen) atoms. The predicted octanol–water partition coefficient (Wildman–Crippen LogP) is 20.8. The Labute approximate surface area is 393 Å². The summed E-state index contributed by atoms with van der Waals surface area (Å²) in [5.74, 6) is 0. The number of benzene rings is 2. The van der Waals surface area contributed by atoms with Crippen molar-refractivity contribution in [3.63, 3.8) is 0 Å². The van der Waals surface area contributed by atoms with Crippen molar-refractivity contribution in [3.8, 4) is 0 Å². The number of aryl methyl sites for hydroxylation is 2. The van der Waals surface area contributed by atoms with Crippen molar-refractivity contribution in [3.05, 3.63) is 88.0 Å². The first-order chi connectivity index (χ1) is 30.6. The van der Waals surface area contributed by atoms with Crippen LogP contribution >= 0.6 is 0 Å². The summed E-state index contributed by atoms with van der Waals surface area (Å²) >= 11 is 2.04. The van der Waals surface area contributed by atoms with E-state index in [4.69, 9.17) is 0 Å². The summed E-state index contributed by atoms with van der Waals surface area (Å²) in [7, 11) is 0. The molecule has 3 heteroatoms. The van der Waals surface area contributed by atoms with Crippen LogP contribution in [0.2, 0.25) is 10.8 Å². The summed E-state index contributed by atoms with van der Waals surface area (Å²) in [5.41, 5.74) is 19.3. The number of unbranched alkanes of at least 4 members (excludes halogenated alkanes) is 28. The summed E-state index contributed by atoms with van der Waals surface area (Å²) < 4.78 is 1.44. The molecule has 0 N–H and O–H groups in total. The van der Waals surface area contributed by atoms with Gasteiger partial charge in [0.25, 0.3) is 0 Å². The van der Waals surface area contributed by atoms with Crippen molar-refractivity contribution < 1.29 is 19.1 Å². The third kappa shape index (κ3) is 27.4. The van der Waals surface area contributed by atoms with Crippen LogP contribution in [-0.2, 0) is 27.3 Å². The van der Waals surface area contributed by atoms with Crippen LogP contribution in [0, 0.1) is 0 Å². The van der Waals surface area contributed by atoms with E-state index in [9.17, 15) is 5.53 Å². The second kappa shape index (κ2) is 40.5. The molecule has 0 saturated heterocycles. The van der Waals surface area contributed by atoms with E-state index in [0.29, 0.717) is 0 Å². The fraction of sp³-hybridized carbons (Fsp3) is 0.729. The molecular weight excluding hydrogens is 795 g/mol. The molecule has 0 atom stereocenters. The fourth-order valence-electron chi connectivity index (χ4n) is 8.77. The first kappa shape index (κ1) is 56.1. The Hall–Kier alpha value is -1.99. The topological polar surface area (TPSA) is 25.3 Å². The van der Waals surface area contributed by atoms with E-state index in [1.807, 2.05) is 14.4 Å². The summed E-state index contributed by atoms with van der Waals surface area (Å²) in [4.78, 5) is 0. The summed E-state index contributed by atoms with van der Waals surface area (Å²) in [6.45, 7) is 11.3. The van der Waals surface area contributed by atoms with Crippen molar-refractivity contribution in [1.29, 1.82) is 0 Å². The van der Waals surface area contributed by atoms with E-state index in [0.717, 1.165) is 48.2 Å². The number of nitrogens with zero attached hydrogens (tertiary/aromatic N) is 2. The minimum absolute atomic E-state index is 0.902. The van der Waals surface area contributed by atoms with Gasteiger partial charge in [-0.3, -0.25) is 0 Å². The third-order valence-corrected chi connectivity index (χ3v) is 14.2. The molecule has 0 radical (unpaired) electrons. The van der Waals surface area contributed by atoms with Crippen LogP contribution in [0.1, 0.15) is 275 Å². The molecule has 2 nitrogen and oxygen atoms in total. The normalized spacial score (nSPS) is 12.7. The Balaban J connectivity index is 0.000000427. The average molecular weight is 896 g/mol. The molecule has 0 amide bonds. The first-order valence-electron chi connectivity index (χ1n) is 27.2. The molecule has 2 aromatic carbocycles. The van der Waals surface area contributed by atoms with Crippen LogP contribution < -0.4 is 0 Å². The van der Waals surface area contributed by atoms with Crippen LogP contribution in [0.25, 0.3) is 16.9 Å². The second-order valence-corrected chi connectivity index (χ2v) is 20.2. The smallest absolute Gasteiger partial charge is 0.0654 e. The summed E-state index contributed by atoms with van der Waals surface area (Å²) in [5, 5.41) is 2.87. The fourth-order valence-corrected chi connectivity index (χ4v) is 10.0. The average Bonchev–Trinajstić information content (AvgIpc) is 3.63. The van der Waals surface area contributed by atoms with E-state index >= 15 is 0 Å². The van der Waals surface area contributed by atoms with Gasteiger partial charge in [0.1, 0.15) is 0 Å². The maximum atomic E-state index is 11.3. The summed E-state index contributed by atoms with van der Waals surface area (Å²) in [6.07, 6.45) is 52.0. The molecule has 1 heterocycles. The van der Waals surface area contributed by atoms with Crippen molar-refractivity contribution in [2.24, 2.45) is 0 Å². The van der Waals surface area contributed by atoms with Gasteiger partial charge < -0.3 is 5.53 Å². The zero-order valence-electron chi connectivity index (χ0n) is 41.8. The molecule has 0 aliphatic carbocycles. The van der Waals surface area contributed by atoms with Crippen molar-refractivity contribution >= 4 is 11.4 Å². The standard InChI is InChI=1S/C29H38N2.2C15H31.Ni/c1-4-7-10-17-27-22-28(25-18-11-15-23(20-25)13-8-5-2)31(30)29(27)26-19-12-16-24(21-26)14-9-6-3;2*1-3-5-7-9-11-13-15-14-12-10-8-6-4-2;/h11-12,15-16,18-22H,4-10,13-14,17H2,1-3H3;2*1,3-15H2,2H3;. The molecule has 0 saturated carbocycles.